The number of rotatable bonds is 6. The maximum atomic E-state index is 13.2. The summed E-state index contributed by atoms with van der Waals surface area (Å²) >= 11 is 1.15. The van der Waals surface area contributed by atoms with Gasteiger partial charge in [0.2, 0.25) is 5.91 Å². The van der Waals surface area contributed by atoms with Gasteiger partial charge in [-0.1, -0.05) is 36.0 Å². The Balaban J connectivity index is 1.81. The molecule has 132 valence electrons. The lowest BCUT2D eigenvalue weighted by Crippen LogP contribution is -2.23. The predicted molar refractivity (Wildman–Crippen MR) is 102 cm³/mol. The van der Waals surface area contributed by atoms with Crippen LogP contribution in [0.15, 0.2) is 71.1 Å². The van der Waals surface area contributed by atoms with E-state index in [1.54, 1.807) is 36.4 Å². The molecular weight excluding hydrogens is 353 g/mol. The fraction of sp³-hybridized carbons (Fsp3) is 0.105. The number of carbonyl (C=O) groups excluding carboxylic acids is 1. The molecule has 1 N–H and O–H groups in total. The zero-order valence-electron chi connectivity index (χ0n) is 13.8. The maximum Gasteiger partial charge on any atom is 0.262 e. The van der Waals surface area contributed by atoms with E-state index in [0.29, 0.717) is 28.3 Å². The van der Waals surface area contributed by atoms with Gasteiger partial charge >= 0.3 is 0 Å². The molecule has 0 saturated carbocycles. The van der Waals surface area contributed by atoms with E-state index in [0.717, 1.165) is 11.8 Å². The normalized spacial score (nSPS) is 10.7. The van der Waals surface area contributed by atoms with Gasteiger partial charge in [-0.3, -0.25) is 14.2 Å². The Morgan fingerprint density at radius 2 is 2.08 bits per heavy atom. The maximum absolute atomic E-state index is 13.2. The molecule has 26 heavy (non-hydrogen) atoms. The Hall–Kier alpha value is -2.93. The molecule has 0 aliphatic rings. The number of thioether (sulfide) groups is 1. The average molecular weight is 369 g/mol. The van der Waals surface area contributed by atoms with Crippen molar-refractivity contribution >= 4 is 34.3 Å². The van der Waals surface area contributed by atoms with Gasteiger partial charge in [-0.2, -0.15) is 0 Å². The van der Waals surface area contributed by atoms with Crippen LogP contribution in [0.1, 0.15) is 0 Å². The largest absolute Gasteiger partial charge is 0.325 e. The smallest absolute Gasteiger partial charge is 0.262 e. The van der Waals surface area contributed by atoms with Gasteiger partial charge < -0.3 is 5.32 Å². The highest BCUT2D eigenvalue weighted by Gasteiger charge is 2.12. The summed E-state index contributed by atoms with van der Waals surface area (Å²) in [5.41, 5.74) is 0.778. The van der Waals surface area contributed by atoms with Crippen molar-refractivity contribution in [1.82, 2.24) is 9.55 Å². The first-order valence-corrected chi connectivity index (χ1v) is 8.86. The van der Waals surface area contributed by atoms with Crippen LogP contribution in [0.3, 0.4) is 0 Å². The fourth-order valence-electron chi connectivity index (χ4n) is 2.44. The molecule has 0 saturated heterocycles. The summed E-state index contributed by atoms with van der Waals surface area (Å²) in [6, 6.07) is 12.7. The summed E-state index contributed by atoms with van der Waals surface area (Å²) in [4.78, 5) is 29.2. The highest BCUT2D eigenvalue weighted by Crippen LogP contribution is 2.18. The molecule has 0 atom stereocenters. The van der Waals surface area contributed by atoms with Gasteiger partial charge in [-0.05, 0) is 30.3 Å². The van der Waals surface area contributed by atoms with Crippen molar-refractivity contribution in [3.05, 3.63) is 77.4 Å². The van der Waals surface area contributed by atoms with Crippen LogP contribution in [0, 0.1) is 5.82 Å². The standard InChI is InChI=1S/C19H16FN3O2S/c1-2-10-23-18(25)15-8-3-4-9-16(15)22-19(23)26-12-17(24)21-14-7-5-6-13(20)11-14/h2-9,11H,1,10,12H2,(H,21,24). The number of nitrogens with zero attached hydrogens (tertiary/aromatic N) is 2. The van der Waals surface area contributed by atoms with Crippen molar-refractivity contribution in [2.45, 2.75) is 11.7 Å². The fourth-order valence-corrected chi connectivity index (χ4v) is 3.25. The van der Waals surface area contributed by atoms with Crippen LogP contribution in [0.2, 0.25) is 0 Å². The third kappa shape index (κ3) is 4.00. The minimum absolute atomic E-state index is 0.0401. The van der Waals surface area contributed by atoms with Crippen molar-refractivity contribution < 1.29 is 9.18 Å². The van der Waals surface area contributed by atoms with Crippen molar-refractivity contribution in [3.63, 3.8) is 0 Å². The number of fused-ring (bicyclic) bond motifs is 1. The summed E-state index contributed by atoms with van der Waals surface area (Å²) in [5.74, 6) is -0.696. The van der Waals surface area contributed by atoms with Gasteiger partial charge in [0.15, 0.2) is 5.16 Å². The lowest BCUT2D eigenvalue weighted by atomic mass is 10.2. The average Bonchev–Trinajstić information content (AvgIpc) is 2.63. The Morgan fingerprint density at radius 3 is 2.85 bits per heavy atom. The number of hydrogen-bond acceptors (Lipinski definition) is 4. The van der Waals surface area contributed by atoms with Crippen molar-refractivity contribution in [2.75, 3.05) is 11.1 Å². The van der Waals surface area contributed by atoms with Crippen LogP contribution in [-0.4, -0.2) is 21.2 Å². The molecular formula is C19H16FN3O2S. The number of allylic oxidation sites excluding steroid dienone is 1. The van der Waals surface area contributed by atoms with Crippen molar-refractivity contribution in [3.8, 4) is 0 Å². The molecule has 0 fully saturated rings. The van der Waals surface area contributed by atoms with E-state index in [1.807, 2.05) is 0 Å². The highest BCUT2D eigenvalue weighted by atomic mass is 32.2. The Kier molecular flexibility index (Phi) is 5.48. The topological polar surface area (TPSA) is 64.0 Å². The van der Waals surface area contributed by atoms with Crippen LogP contribution < -0.4 is 10.9 Å². The van der Waals surface area contributed by atoms with Crippen LogP contribution in [-0.2, 0) is 11.3 Å². The minimum Gasteiger partial charge on any atom is -0.325 e. The van der Waals surface area contributed by atoms with Gasteiger partial charge in [-0.25, -0.2) is 9.37 Å². The van der Waals surface area contributed by atoms with E-state index in [2.05, 4.69) is 16.9 Å². The molecule has 1 heterocycles. The van der Waals surface area contributed by atoms with Gasteiger partial charge in [-0.15, -0.1) is 6.58 Å². The molecule has 0 unspecified atom stereocenters. The van der Waals surface area contributed by atoms with Gasteiger partial charge in [0, 0.05) is 12.2 Å². The lowest BCUT2D eigenvalue weighted by Gasteiger charge is -2.11. The van der Waals surface area contributed by atoms with E-state index in [4.69, 9.17) is 0 Å². The molecule has 3 aromatic rings. The second kappa shape index (κ2) is 7.97. The molecule has 0 bridgehead atoms. The Bertz CT molecular complexity index is 1030. The summed E-state index contributed by atoms with van der Waals surface area (Å²) in [6.45, 7) is 3.96. The monoisotopic (exact) mass is 369 g/mol. The van der Waals surface area contributed by atoms with E-state index in [1.165, 1.54) is 22.8 Å². The Morgan fingerprint density at radius 1 is 1.27 bits per heavy atom. The van der Waals surface area contributed by atoms with E-state index in [9.17, 15) is 14.0 Å². The molecule has 0 radical (unpaired) electrons. The van der Waals surface area contributed by atoms with Gasteiger partial charge in [0.05, 0.1) is 16.7 Å². The SMILES string of the molecule is C=CCn1c(SCC(=O)Nc2cccc(F)c2)nc2ccccc2c1=O. The van der Waals surface area contributed by atoms with Crippen molar-refractivity contribution in [2.24, 2.45) is 0 Å². The second-order valence-electron chi connectivity index (χ2n) is 5.46. The third-order valence-corrected chi connectivity index (χ3v) is 4.56. The molecule has 7 heteroatoms. The number of anilines is 1. The number of nitrogens with one attached hydrogen (secondary N) is 1. The molecule has 3 rings (SSSR count). The number of aromatic nitrogens is 2. The van der Waals surface area contributed by atoms with Gasteiger partial charge in [0.1, 0.15) is 5.82 Å². The second-order valence-corrected chi connectivity index (χ2v) is 6.41. The van der Waals surface area contributed by atoms with E-state index < -0.39 is 5.82 Å². The van der Waals surface area contributed by atoms with Crippen LogP contribution in [0.5, 0.6) is 0 Å². The minimum atomic E-state index is -0.425. The molecule has 0 spiro atoms. The predicted octanol–water partition coefficient (Wildman–Crippen LogP) is 3.45. The lowest BCUT2D eigenvalue weighted by molar-refractivity contribution is -0.113. The van der Waals surface area contributed by atoms with Crippen molar-refractivity contribution in [1.29, 1.82) is 0 Å². The first kappa shape index (κ1) is 17.9. The van der Waals surface area contributed by atoms with Gasteiger partial charge in [0.25, 0.3) is 5.56 Å². The summed E-state index contributed by atoms with van der Waals surface area (Å²) < 4.78 is 14.7. The summed E-state index contributed by atoms with van der Waals surface area (Å²) in [7, 11) is 0. The number of amides is 1. The number of halogens is 1. The molecule has 0 aliphatic heterocycles. The molecule has 5 nitrogen and oxygen atoms in total. The number of para-hydroxylation sites is 1. The van der Waals surface area contributed by atoms with Crippen LogP contribution >= 0.6 is 11.8 Å². The zero-order chi connectivity index (χ0) is 18.5. The first-order valence-electron chi connectivity index (χ1n) is 7.87. The zero-order valence-corrected chi connectivity index (χ0v) is 14.6. The highest BCUT2D eigenvalue weighted by molar-refractivity contribution is 7.99. The quantitative estimate of drug-likeness (QED) is 0.411. The Labute approximate surface area is 153 Å². The van der Waals surface area contributed by atoms with E-state index in [-0.39, 0.29) is 17.2 Å². The van der Waals surface area contributed by atoms with Crippen LogP contribution in [0.4, 0.5) is 10.1 Å². The molecule has 2 aromatic carbocycles. The number of benzene rings is 2. The molecule has 1 amide bonds. The third-order valence-electron chi connectivity index (χ3n) is 3.58. The van der Waals surface area contributed by atoms with Crippen LogP contribution in [0.25, 0.3) is 10.9 Å². The molecule has 1 aromatic heterocycles. The summed E-state index contributed by atoms with van der Waals surface area (Å²) in [5, 5.41) is 3.57. The number of hydrogen-bond donors (Lipinski definition) is 1. The summed E-state index contributed by atoms with van der Waals surface area (Å²) in [6.07, 6.45) is 1.61. The molecule has 0 aliphatic carbocycles. The first-order chi connectivity index (χ1) is 12.6. The number of carbonyl (C=O) groups is 1. The van der Waals surface area contributed by atoms with E-state index >= 15 is 0 Å².